The minimum atomic E-state index is -1.33. The molecule has 0 aliphatic rings. The van der Waals surface area contributed by atoms with Gasteiger partial charge in [-0.25, -0.2) is 0 Å². The zero-order chi connectivity index (χ0) is 11.0. The van der Waals surface area contributed by atoms with E-state index in [0.29, 0.717) is 0 Å². The molecule has 0 bridgehead atoms. The van der Waals surface area contributed by atoms with Crippen LogP contribution in [0.1, 0.15) is 12.8 Å². The number of hydrogen-bond acceptors (Lipinski definition) is 5. The summed E-state index contributed by atoms with van der Waals surface area (Å²) in [6.07, 6.45) is 3.56. The predicted molar refractivity (Wildman–Crippen MR) is 43.5 cm³/mol. The maximum Gasteiger partial charge on any atom is 0.0639 e. The Bertz CT molecular complexity index is 228. The van der Waals surface area contributed by atoms with Gasteiger partial charge < -0.3 is 24.9 Å². The zero-order valence-corrected chi connectivity index (χ0v) is 7.38. The van der Waals surface area contributed by atoms with Crippen LogP contribution in [-0.2, 0) is 9.59 Å². The number of carbonyl (C=O) groups is 2. The van der Waals surface area contributed by atoms with Crippen LogP contribution in [0.25, 0.3) is 0 Å². The Kier molecular flexibility index (Phi) is 6.06. The van der Waals surface area contributed by atoms with Crippen LogP contribution in [0.3, 0.4) is 0 Å². The van der Waals surface area contributed by atoms with E-state index in [9.17, 15) is 19.8 Å². The molecule has 0 fully saturated rings. The highest BCUT2D eigenvalue weighted by molar-refractivity contribution is 5.77. The normalized spacial score (nSPS) is 11.6. The first-order valence-corrected chi connectivity index (χ1v) is 3.95. The molecular formula is C9H10O5-2. The van der Waals surface area contributed by atoms with Crippen molar-refractivity contribution < 1.29 is 24.9 Å². The fourth-order valence-corrected chi connectivity index (χ4v) is 0.739. The van der Waals surface area contributed by atoms with Crippen molar-refractivity contribution in [2.45, 2.75) is 18.9 Å². The molecule has 5 nitrogen and oxygen atoms in total. The standard InChI is InChI=1S/C9H12O5/c10-7(3-1-5-8(11)12)4-2-6-9(13)14/h1-2,5-7,10H,3-4H2,(H,11,12)(H,13,14)/p-2/b5-1+,6-2+. The maximum atomic E-state index is 9.90. The van der Waals surface area contributed by atoms with Crippen LogP contribution in [-0.4, -0.2) is 23.1 Å². The van der Waals surface area contributed by atoms with Gasteiger partial charge in [0, 0.05) is 0 Å². The number of rotatable bonds is 6. The van der Waals surface area contributed by atoms with Crippen molar-refractivity contribution in [3.63, 3.8) is 0 Å². The second-order valence-corrected chi connectivity index (χ2v) is 2.57. The topological polar surface area (TPSA) is 100 Å². The minimum absolute atomic E-state index is 0.130. The van der Waals surface area contributed by atoms with Crippen LogP contribution in [0, 0.1) is 0 Å². The summed E-state index contributed by atoms with van der Waals surface area (Å²) in [5.41, 5.74) is 0. The monoisotopic (exact) mass is 198 g/mol. The number of carboxylic acid groups (broad SMARTS) is 2. The Labute approximate surface area is 81.0 Å². The third-order valence-corrected chi connectivity index (χ3v) is 1.32. The molecule has 0 aliphatic heterocycles. The van der Waals surface area contributed by atoms with Gasteiger partial charge in [0.05, 0.1) is 18.0 Å². The van der Waals surface area contributed by atoms with Gasteiger partial charge in [-0.05, 0) is 25.0 Å². The molecule has 14 heavy (non-hydrogen) atoms. The summed E-state index contributed by atoms with van der Waals surface area (Å²) >= 11 is 0. The second kappa shape index (κ2) is 6.85. The SMILES string of the molecule is O=C([O-])/C=C/CC(O)C/C=C/C(=O)[O-]. The van der Waals surface area contributed by atoms with Gasteiger partial charge in [0.2, 0.25) is 0 Å². The van der Waals surface area contributed by atoms with E-state index in [1.165, 1.54) is 12.2 Å². The van der Waals surface area contributed by atoms with Gasteiger partial charge in [0.25, 0.3) is 0 Å². The molecule has 0 atom stereocenters. The molecule has 0 saturated carbocycles. The first kappa shape index (κ1) is 12.4. The molecule has 0 aromatic heterocycles. The Hall–Kier alpha value is -1.62. The lowest BCUT2D eigenvalue weighted by Crippen LogP contribution is -2.19. The molecule has 0 spiro atoms. The Morgan fingerprint density at radius 1 is 1.07 bits per heavy atom. The number of aliphatic hydroxyl groups is 1. The van der Waals surface area contributed by atoms with Crippen molar-refractivity contribution >= 4 is 11.9 Å². The van der Waals surface area contributed by atoms with Gasteiger partial charge in [-0.1, -0.05) is 12.2 Å². The first-order valence-electron chi connectivity index (χ1n) is 3.95. The van der Waals surface area contributed by atoms with Crippen molar-refractivity contribution in [1.82, 2.24) is 0 Å². The number of hydrogen-bond donors (Lipinski definition) is 1. The van der Waals surface area contributed by atoms with Crippen LogP contribution in [0.2, 0.25) is 0 Å². The minimum Gasteiger partial charge on any atom is -0.545 e. The molecule has 1 N–H and O–H groups in total. The lowest BCUT2D eigenvalue weighted by molar-refractivity contribution is -0.298. The molecule has 0 radical (unpaired) electrons. The first-order chi connectivity index (χ1) is 6.52. The fraction of sp³-hybridized carbons (Fsp3) is 0.333. The van der Waals surface area contributed by atoms with E-state index >= 15 is 0 Å². The van der Waals surface area contributed by atoms with Crippen molar-refractivity contribution in [2.75, 3.05) is 0 Å². The zero-order valence-electron chi connectivity index (χ0n) is 7.38. The molecule has 0 rings (SSSR count). The van der Waals surface area contributed by atoms with E-state index in [4.69, 9.17) is 5.11 Å². The average Bonchev–Trinajstić information content (AvgIpc) is 2.02. The molecule has 0 amide bonds. The summed E-state index contributed by atoms with van der Waals surface area (Å²) in [4.78, 5) is 19.8. The van der Waals surface area contributed by atoms with E-state index in [2.05, 4.69) is 0 Å². The molecule has 0 saturated heterocycles. The van der Waals surface area contributed by atoms with Crippen LogP contribution < -0.4 is 10.2 Å². The van der Waals surface area contributed by atoms with Gasteiger partial charge in [0.1, 0.15) is 0 Å². The van der Waals surface area contributed by atoms with Gasteiger partial charge in [-0.15, -0.1) is 0 Å². The maximum absolute atomic E-state index is 9.90. The third kappa shape index (κ3) is 8.48. The fourth-order valence-electron chi connectivity index (χ4n) is 0.739. The Morgan fingerprint density at radius 3 is 1.71 bits per heavy atom. The van der Waals surface area contributed by atoms with Gasteiger partial charge in [-0.2, -0.15) is 0 Å². The third-order valence-electron chi connectivity index (χ3n) is 1.32. The molecule has 0 aromatic carbocycles. The van der Waals surface area contributed by atoms with E-state index in [-0.39, 0.29) is 12.8 Å². The van der Waals surface area contributed by atoms with Crippen LogP contribution in [0.5, 0.6) is 0 Å². The highest BCUT2D eigenvalue weighted by Gasteiger charge is 1.97. The second-order valence-electron chi connectivity index (χ2n) is 2.57. The van der Waals surface area contributed by atoms with E-state index in [0.717, 1.165) is 12.2 Å². The van der Waals surface area contributed by atoms with E-state index in [1.807, 2.05) is 0 Å². The van der Waals surface area contributed by atoms with E-state index < -0.39 is 18.0 Å². The molecule has 0 unspecified atom stereocenters. The van der Waals surface area contributed by atoms with Crippen LogP contribution in [0.4, 0.5) is 0 Å². The smallest absolute Gasteiger partial charge is 0.0639 e. The summed E-state index contributed by atoms with van der Waals surface area (Å²) in [5, 5.41) is 29.0. The summed E-state index contributed by atoms with van der Waals surface area (Å²) < 4.78 is 0. The molecule has 5 heteroatoms. The Balaban J connectivity index is 3.70. The molecule has 78 valence electrons. The molecule has 0 aliphatic carbocycles. The average molecular weight is 198 g/mol. The highest BCUT2D eigenvalue weighted by atomic mass is 16.4. The van der Waals surface area contributed by atoms with Crippen molar-refractivity contribution in [1.29, 1.82) is 0 Å². The summed E-state index contributed by atoms with van der Waals surface area (Å²) in [6, 6.07) is 0. The quantitative estimate of drug-likeness (QED) is 0.485. The van der Waals surface area contributed by atoms with Crippen LogP contribution >= 0.6 is 0 Å². The Morgan fingerprint density at radius 2 is 1.43 bits per heavy atom. The van der Waals surface area contributed by atoms with Crippen molar-refractivity contribution in [2.24, 2.45) is 0 Å². The lowest BCUT2D eigenvalue weighted by Gasteiger charge is -2.03. The summed E-state index contributed by atoms with van der Waals surface area (Å²) in [5.74, 6) is -2.66. The van der Waals surface area contributed by atoms with Crippen LogP contribution in [0.15, 0.2) is 24.3 Å². The van der Waals surface area contributed by atoms with Crippen molar-refractivity contribution in [3.05, 3.63) is 24.3 Å². The molecular weight excluding hydrogens is 188 g/mol. The van der Waals surface area contributed by atoms with Gasteiger partial charge >= 0.3 is 0 Å². The number of carbonyl (C=O) groups excluding carboxylic acids is 2. The summed E-state index contributed by atoms with van der Waals surface area (Å²) in [6.45, 7) is 0. The van der Waals surface area contributed by atoms with Gasteiger partial charge in [0.15, 0.2) is 0 Å². The lowest BCUT2D eigenvalue weighted by atomic mass is 10.1. The van der Waals surface area contributed by atoms with E-state index in [1.54, 1.807) is 0 Å². The summed E-state index contributed by atoms with van der Waals surface area (Å²) in [7, 11) is 0. The predicted octanol–water partition coefficient (Wildman–Crippen LogP) is -2.26. The number of carboxylic acids is 2. The number of aliphatic hydroxyl groups excluding tert-OH is 1. The van der Waals surface area contributed by atoms with Crippen molar-refractivity contribution in [3.8, 4) is 0 Å². The highest BCUT2D eigenvalue weighted by Crippen LogP contribution is 1.99. The largest absolute Gasteiger partial charge is 0.545 e. The molecule has 0 aromatic rings. The number of aliphatic carboxylic acids is 2. The van der Waals surface area contributed by atoms with Gasteiger partial charge in [-0.3, -0.25) is 0 Å². The molecule has 0 heterocycles.